The molecule has 190 valence electrons. The van der Waals surface area contributed by atoms with Gasteiger partial charge in [0.1, 0.15) is 6.17 Å². The Morgan fingerprint density at radius 3 is 2.23 bits per heavy atom. The van der Waals surface area contributed by atoms with Gasteiger partial charge in [0.2, 0.25) is 11.8 Å². The molecule has 35 heavy (non-hydrogen) atoms. The van der Waals surface area contributed by atoms with Crippen LogP contribution in [0.1, 0.15) is 36.0 Å². The summed E-state index contributed by atoms with van der Waals surface area (Å²) < 4.78 is 0. The van der Waals surface area contributed by atoms with E-state index in [0.717, 1.165) is 57.3 Å². The predicted molar refractivity (Wildman–Crippen MR) is 126 cm³/mol. The van der Waals surface area contributed by atoms with E-state index in [-0.39, 0.29) is 12.8 Å². The van der Waals surface area contributed by atoms with Crippen molar-refractivity contribution in [2.24, 2.45) is 4.99 Å². The van der Waals surface area contributed by atoms with E-state index in [4.69, 9.17) is 10.3 Å². The van der Waals surface area contributed by atoms with Crippen LogP contribution in [0.3, 0.4) is 0 Å². The smallest absolute Gasteiger partial charge is 0.307 e. The largest absolute Gasteiger partial charge is 0.481 e. The number of amides is 3. The topological polar surface area (TPSA) is 176 Å². The van der Waals surface area contributed by atoms with E-state index in [1.165, 1.54) is 5.48 Å². The van der Waals surface area contributed by atoms with Crippen LogP contribution in [0.2, 0.25) is 0 Å². The zero-order valence-electron chi connectivity index (χ0n) is 19.3. The average Bonchev–Trinajstić information content (AvgIpc) is 2.87. The third-order valence-electron chi connectivity index (χ3n) is 5.68. The lowest BCUT2D eigenvalue weighted by Gasteiger charge is -2.38. The van der Waals surface area contributed by atoms with E-state index >= 15 is 0 Å². The van der Waals surface area contributed by atoms with Crippen molar-refractivity contribution in [3.05, 3.63) is 29.8 Å². The van der Waals surface area contributed by atoms with E-state index in [1.54, 1.807) is 12.1 Å². The van der Waals surface area contributed by atoms with Crippen molar-refractivity contribution in [2.75, 3.05) is 44.2 Å². The van der Waals surface area contributed by atoms with Gasteiger partial charge in [0.15, 0.2) is 5.96 Å². The third kappa shape index (κ3) is 7.84. The fourth-order valence-electron chi connectivity index (χ4n) is 3.84. The highest BCUT2D eigenvalue weighted by atomic mass is 16.5. The quantitative estimate of drug-likeness (QED) is 0.146. The second-order valence-corrected chi connectivity index (χ2v) is 8.23. The minimum Gasteiger partial charge on any atom is -0.481 e. The number of aliphatic carboxylic acids is 1. The number of guanidine groups is 1. The molecule has 0 aliphatic carbocycles. The summed E-state index contributed by atoms with van der Waals surface area (Å²) in [6, 6.07) is 6.96. The Balaban J connectivity index is 1.52. The molecule has 2 aliphatic heterocycles. The Hall–Kier alpha value is -3.87. The molecule has 3 rings (SSSR count). The maximum atomic E-state index is 12.6. The summed E-state index contributed by atoms with van der Waals surface area (Å²) in [6.45, 7) is 5.10. The molecule has 1 fully saturated rings. The van der Waals surface area contributed by atoms with Gasteiger partial charge in [0.25, 0.3) is 5.91 Å². The van der Waals surface area contributed by atoms with Crippen molar-refractivity contribution in [1.29, 1.82) is 0 Å². The van der Waals surface area contributed by atoms with Crippen molar-refractivity contribution in [2.45, 2.75) is 31.8 Å². The molecule has 1 aromatic rings. The van der Waals surface area contributed by atoms with Crippen molar-refractivity contribution in [1.82, 2.24) is 26.3 Å². The molecule has 0 bridgehead atoms. The first kappa shape index (κ1) is 25.7. The predicted octanol–water partition coefficient (Wildman–Crippen LogP) is -0.910. The maximum Gasteiger partial charge on any atom is 0.307 e. The molecule has 3 amide bonds. The number of piperazine rings is 1. The molecule has 0 spiro atoms. The van der Waals surface area contributed by atoms with Crippen LogP contribution >= 0.6 is 0 Å². The van der Waals surface area contributed by atoms with Crippen molar-refractivity contribution >= 4 is 35.3 Å². The molecule has 13 nitrogen and oxygen atoms in total. The first-order valence-electron chi connectivity index (χ1n) is 11.5. The summed E-state index contributed by atoms with van der Waals surface area (Å²) in [7, 11) is 0. The van der Waals surface area contributed by atoms with E-state index < -0.39 is 36.3 Å². The SMILES string of the molecule is O=C(O)CC(NC(=O)CCC(=O)NO)NC(=O)c1ccc(N2CCN(C3=NCCCN3)CC2)cc1. The molecule has 1 unspecified atom stereocenters. The lowest BCUT2D eigenvalue weighted by Crippen LogP contribution is -2.53. The maximum absolute atomic E-state index is 12.6. The number of hydroxylamine groups is 1. The number of anilines is 1. The summed E-state index contributed by atoms with van der Waals surface area (Å²) in [5.74, 6) is -2.18. The van der Waals surface area contributed by atoms with Crippen molar-refractivity contribution in [3.8, 4) is 0 Å². The Morgan fingerprint density at radius 2 is 1.63 bits per heavy atom. The summed E-state index contributed by atoms with van der Waals surface area (Å²) in [4.78, 5) is 55.8. The number of hydrogen-bond acceptors (Lipinski definition) is 9. The lowest BCUT2D eigenvalue weighted by atomic mass is 10.1. The highest BCUT2D eigenvalue weighted by Crippen LogP contribution is 2.18. The van der Waals surface area contributed by atoms with Gasteiger partial charge >= 0.3 is 5.97 Å². The number of carbonyl (C=O) groups excluding carboxylic acids is 3. The highest BCUT2D eigenvalue weighted by molar-refractivity contribution is 5.95. The molecule has 2 aliphatic rings. The number of benzene rings is 1. The number of rotatable bonds is 9. The second-order valence-electron chi connectivity index (χ2n) is 8.23. The minimum atomic E-state index is -1.22. The Morgan fingerprint density at radius 1 is 0.971 bits per heavy atom. The molecule has 6 N–H and O–H groups in total. The Bertz CT molecular complexity index is 944. The van der Waals surface area contributed by atoms with Gasteiger partial charge in [0.05, 0.1) is 6.42 Å². The lowest BCUT2D eigenvalue weighted by molar-refractivity contribution is -0.138. The number of aliphatic imine (C=N–C) groups is 1. The van der Waals surface area contributed by atoms with Gasteiger partial charge in [0, 0.05) is 63.4 Å². The summed E-state index contributed by atoms with van der Waals surface area (Å²) in [5, 5.41) is 25.8. The number of hydrogen-bond donors (Lipinski definition) is 6. The van der Waals surface area contributed by atoms with Crippen LogP contribution in [-0.4, -0.2) is 90.3 Å². The van der Waals surface area contributed by atoms with Gasteiger partial charge in [-0.3, -0.25) is 29.4 Å². The minimum absolute atomic E-state index is 0.274. The summed E-state index contributed by atoms with van der Waals surface area (Å²) in [6.07, 6.45) is -1.20. The van der Waals surface area contributed by atoms with Crippen LogP contribution in [-0.2, 0) is 14.4 Å². The number of carboxylic acid groups (broad SMARTS) is 1. The molecule has 1 aromatic carbocycles. The van der Waals surface area contributed by atoms with E-state index in [1.807, 2.05) is 12.1 Å². The van der Waals surface area contributed by atoms with Crippen LogP contribution in [0.15, 0.2) is 29.3 Å². The molecule has 0 radical (unpaired) electrons. The standard InChI is InChI=1S/C22H31N7O6/c30-18(6-7-19(31)27-35)25-17(14-20(32)33)26-21(34)15-2-4-16(5-3-15)28-10-12-29(13-11-28)22-23-8-1-9-24-22/h2-5,17,35H,1,6-14H2,(H,23,24)(H,25,30)(H,26,34)(H,27,31)(H,32,33). The molecule has 1 saturated heterocycles. The van der Waals surface area contributed by atoms with Gasteiger partial charge in [-0.2, -0.15) is 0 Å². The molecule has 0 aromatic heterocycles. The highest BCUT2D eigenvalue weighted by Gasteiger charge is 2.22. The number of nitrogens with zero attached hydrogens (tertiary/aromatic N) is 3. The third-order valence-corrected chi connectivity index (χ3v) is 5.68. The summed E-state index contributed by atoms with van der Waals surface area (Å²) >= 11 is 0. The fraction of sp³-hybridized carbons (Fsp3) is 0.500. The van der Waals surface area contributed by atoms with Gasteiger partial charge in [-0.25, -0.2) is 5.48 Å². The fourth-order valence-corrected chi connectivity index (χ4v) is 3.84. The first-order chi connectivity index (χ1) is 16.9. The van der Waals surface area contributed by atoms with Crippen LogP contribution in [0.5, 0.6) is 0 Å². The van der Waals surface area contributed by atoms with E-state index in [0.29, 0.717) is 5.56 Å². The average molecular weight is 490 g/mol. The first-order valence-corrected chi connectivity index (χ1v) is 11.5. The number of nitrogens with one attached hydrogen (secondary N) is 4. The zero-order chi connectivity index (χ0) is 25.2. The normalized spacial score (nSPS) is 16.4. The number of carboxylic acids is 1. The monoisotopic (exact) mass is 489 g/mol. The van der Waals surface area contributed by atoms with E-state index in [2.05, 4.69) is 30.7 Å². The zero-order valence-corrected chi connectivity index (χ0v) is 19.3. The van der Waals surface area contributed by atoms with E-state index in [9.17, 15) is 19.2 Å². The molecule has 13 heteroatoms. The van der Waals surface area contributed by atoms with Crippen LogP contribution in [0.25, 0.3) is 0 Å². The van der Waals surface area contributed by atoms with Crippen LogP contribution < -0.4 is 26.3 Å². The molecular weight excluding hydrogens is 458 g/mol. The van der Waals surface area contributed by atoms with Gasteiger partial charge in [-0.1, -0.05) is 0 Å². The Kier molecular flexibility index (Phi) is 9.23. The van der Waals surface area contributed by atoms with Crippen LogP contribution in [0, 0.1) is 0 Å². The summed E-state index contributed by atoms with van der Waals surface area (Å²) in [5.41, 5.74) is 2.69. The molecule has 1 atom stereocenters. The molecular formula is C22H31N7O6. The second kappa shape index (κ2) is 12.6. The van der Waals surface area contributed by atoms with Gasteiger partial charge in [-0.15, -0.1) is 0 Å². The van der Waals surface area contributed by atoms with Gasteiger partial charge in [-0.05, 0) is 30.7 Å². The van der Waals surface area contributed by atoms with Crippen molar-refractivity contribution in [3.63, 3.8) is 0 Å². The van der Waals surface area contributed by atoms with Gasteiger partial charge < -0.3 is 30.9 Å². The number of carbonyl (C=O) groups is 4. The molecule has 0 saturated carbocycles. The Labute approximate surface area is 202 Å². The molecule has 2 heterocycles. The van der Waals surface area contributed by atoms with Crippen molar-refractivity contribution < 1.29 is 29.5 Å². The van der Waals surface area contributed by atoms with Crippen LogP contribution in [0.4, 0.5) is 5.69 Å².